The van der Waals surface area contributed by atoms with Crippen molar-refractivity contribution in [2.75, 3.05) is 6.61 Å². The van der Waals surface area contributed by atoms with Gasteiger partial charge in [0.15, 0.2) is 0 Å². The van der Waals surface area contributed by atoms with Crippen molar-refractivity contribution in [1.82, 2.24) is 0 Å². The zero-order chi connectivity index (χ0) is 11.9. The zero-order valence-corrected chi connectivity index (χ0v) is 10.2. The summed E-state index contributed by atoms with van der Waals surface area (Å²) < 4.78 is 0. The third-order valence-corrected chi connectivity index (χ3v) is 2.83. The number of unbranched alkanes of at least 4 members (excludes halogenated alkanes) is 1. The Labute approximate surface area is 93.3 Å². The monoisotopic (exact) mass is 212 g/mol. The number of hydrogen-bond acceptors (Lipinski definition) is 2. The second-order valence-corrected chi connectivity index (χ2v) is 4.28. The fourth-order valence-electron chi connectivity index (χ4n) is 1.58. The molecule has 0 bridgehead atoms. The van der Waals surface area contributed by atoms with Crippen LogP contribution in [0.3, 0.4) is 0 Å². The molecule has 0 aromatic carbocycles. The van der Waals surface area contributed by atoms with Crippen molar-refractivity contribution in [3.05, 3.63) is 24.3 Å². The van der Waals surface area contributed by atoms with Gasteiger partial charge in [0.05, 0.1) is 6.61 Å². The minimum atomic E-state index is -0.984. The van der Waals surface area contributed by atoms with E-state index in [4.69, 9.17) is 5.11 Å². The first-order chi connectivity index (χ1) is 7.00. The van der Waals surface area contributed by atoms with Crippen LogP contribution in [-0.2, 0) is 0 Å². The first-order valence-corrected chi connectivity index (χ1v) is 5.65. The second kappa shape index (κ2) is 6.81. The molecule has 0 aromatic rings. The van der Waals surface area contributed by atoms with E-state index in [0.29, 0.717) is 0 Å². The van der Waals surface area contributed by atoms with Crippen molar-refractivity contribution in [2.24, 2.45) is 5.92 Å². The maximum Gasteiger partial charge on any atom is 0.103 e. The van der Waals surface area contributed by atoms with E-state index >= 15 is 0 Å². The summed E-state index contributed by atoms with van der Waals surface area (Å²) in [6.07, 6.45) is 6.46. The molecule has 2 atom stereocenters. The van der Waals surface area contributed by atoms with Crippen LogP contribution in [0.2, 0.25) is 0 Å². The molecule has 0 saturated heterocycles. The summed E-state index contributed by atoms with van der Waals surface area (Å²) in [4.78, 5) is 0. The molecule has 2 heteroatoms. The Balaban J connectivity index is 4.61. The van der Waals surface area contributed by atoms with Gasteiger partial charge in [-0.3, -0.25) is 0 Å². The molecule has 2 nitrogen and oxygen atoms in total. The molecule has 0 fully saturated rings. The van der Waals surface area contributed by atoms with Gasteiger partial charge < -0.3 is 10.2 Å². The molecule has 0 heterocycles. The number of aliphatic hydroxyl groups is 2. The first kappa shape index (κ1) is 14.4. The van der Waals surface area contributed by atoms with E-state index in [1.165, 1.54) is 0 Å². The minimum absolute atomic E-state index is 0.0172. The van der Waals surface area contributed by atoms with E-state index in [2.05, 4.69) is 13.5 Å². The van der Waals surface area contributed by atoms with Gasteiger partial charge in [-0.1, -0.05) is 39.3 Å². The molecule has 0 radical (unpaired) electrons. The van der Waals surface area contributed by atoms with Gasteiger partial charge in [0.1, 0.15) is 5.60 Å². The summed E-state index contributed by atoms with van der Waals surface area (Å²) in [5.41, 5.74) is -0.206. The van der Waals surface area contributed by atoms with Crippen LogP contribution in [0.5, 0.6) is 0 Å². The second-order valence-electron chi connectivity index (χ2n) is 4.28. The van der Waals surface area contributed by atoms with Crippen LogP contribution >= 0.6 is 0 Å². The normalized spacial score (nSPS) is 18.3. The van der Waals surface area contributed by atoms with Crippen molar-refractivity contribution >= 4 is 0 Å². The highest BCUT2D eigenvalue weighted by Gasteiger charge is 2.27. The SMILES string of the molecule is C=CC(O)(/C=C(\C)CO)C(C)CCCC. The fraction of sp³-hybridized carbons (Fsp3) is 0.692. The molecule has 0 rings (SSSR count). The Kier molecular flexibility index (Phi) is 6.53. The van der Waals surface area contributed by atoms with Crippen molar-refractivity contribution in [3.63, 3.8) is 0 Å². The van der Waals surface area contributed by atoms with E-state index in [9.17, 15) is 5.11 Å². The molecule has 0 spiro atoms. The van der Waals surface area contributed by atoms with Crippen LogP contribution in [0.25, 0.3) is 0 Å². The molecular formula is C13H24O2. The van der Waals surface area contributed by atoms with E-state index in [-0.39, 0.29) is 12.5 Å². The highest BCUT2D eigenvalue weighted by atomic mass is 16.3. The topological polar surface area (TPSA) is 40.5 Å². The van der Waals surface area contributed by atoms with Gasteiger partial charge in [0.2, 0.25) is 0 Å². The van der Waals surface area contributed by atoms with Crippen LogP contribution in [0.4, 0.5) is 0 Å². The van der Waals surface area contributed by atoms with Crippen LogP contribution in [0.1, 0.15) is 40.0 Å². The van der Waals surface area contributed by atoms with E-state index in [0.717, 1.165) is 24.8 Å². The maximum absolute atomic E-state index is 10.3. The number of rotatable bonds is 7. The Hall–Kier alpha value is -0.600. The third kappa shape index (κ3) is 4.63. The van der Waals surface area contributed by atoms with Gasteiger partial charge in [0.25, 0.3) is 0 Å². The standard InChI is InChI=1S/C13H24O2/c1-5-7-8-12(4)13(15,6-2)9-11(3)10-14/h6,9,12,14-15H,2,5,7-8,10H2,1,3-4H3/b11-9+. The van der Waals surface area contributed by atoms with Gasteiger partial charge in [-0.25, -0.2) is 0 Å². The Bertz CT molecular complexity index is 221. The summed E-state index contributed by atoms with van der Waals surface area (Å²) in [5.74, 6) is 0.136. The van der Waals surface area contributed by atoms with Crippen molar-refractivity contribution in [2.45, 2.75) is 45.6 Å². The molecule has 15 heavy (non-hydrogen) atoms. The average molecular weight is 212 g/mol. The predicted octanol–water partition coefficient (Wildman–Crippen LogP) is 2.67. The summed E-state index contributed by atoms with van der Waals surface area (Å²) in [6, 6.07) is 0. The van der Waals surface area contributed by atoms with Crippen LogP contribution < -0.4 is 0 Å². The largest absolute Gasteiger partial charge is 0.392 e. The smallest absolute Gasteiger partial charge is 0.103 e. The highest BCUT2D eigenvalue weighted by Crippen LogP contribution is 2.26. The first-order valence-electron chi connectivity index (χ1n) is 5.65. The molecule has 88 valence electrons. The predicted molar refractivity (Wildman–Crippen MR) is 64.7 cm³/mol. The van der Waals surface area contributed by atoms with Gasteiger partial charge in [0, 0.05) is 0 Å². The third-order valence-electron chi connectivity index (χ3n) is 2.83. The molecule has 2 unspecified atom stereocenters. The maximum atomic E-state index is 10.3. The lowest BCUT2D eigenvalue weighted by molar-refractivity contribution is 0.0769. The summed E-state index contributed by atoms with van der Waals surface area (Å²) in [5, 5.41) is 19.2. The van der Waals surface area contributed by atoms with Gasteiger partial charge in [-0.15, -0.1) is 0 Å². The molecular weight excluding hydrogens is 188 g/mol. The molecule has 0 saturated carbocycles. The quantitative estimate of drug-likeness (QED) is 0.637. The minimum Gasteiger partial charge on any atom is -0.392 e. The van der Waals surface area contributed by atoms with Crippen molar-refractivity contribution < 1.29 is 10.2 Å². The van der Waals surface area contributed by atoms with E-state index < -0.39 is 5.60 Å². The fourth-order valence-corrected chi connectivity index (χ4v) is 1.58. The summed E-state index contributed by atoms with van der Waals surface area (Å²) in [6.45, 7) is 9.61. The van der Waals surface area contributed by atoms with Crippen molar-refractivity contribution in [1.29, 1.82) is 0 Å². The Morgan fingerprint density at radius 3 is 2.53 bits per heavy atom. The lowest BCUT2D eigenvalue weighted by Crippen LogP contribution is -2.32. The van der Waals surface area contributed by atoms with Crippen LogP contribution in [-0.4, -0.2) is 22.4 Å². The van der Waals surface area contributed by atoms with Crippen molar-refractivity contribution in [3.8, 4) is 0 Å². The highest BCUT2D eigenvalue weighted by molar-refractivity contribution is 5.18. The van der Waals surface area contributed by atoms with Gasteiger partial charge in [-0.05, 0) is 30.9 Å². The van der Waals surface area contributed by atoms with E-state index in [1.807, 2.05) is 6.92 Å². The van der Waals surface area contributed by atoms with E-state index in [1.54, 1.807) is 19.1 Å². The zero-order valence-electron chi connectivity index (χ0n) is 10.2. The molecule has 0 aromatic heterocycles. The molecule has 0 aliphatic carbocycles. The number of aliphatic hydroxyl groups excluding tert-OH is 1. The van der Waals surface area contributed by atoms with Gasteiger partial charge >= 0.3 is 0 Å². The van der Waals surface area contributed by atoms with Crippen LogP contribution in [0.15, 0.2) is 24.3 Å². The molecule has 0 aliphatic heterocycles. The summed E-state index contributed by atoms with van der Waals surface area (Å²) in [7, 11) is 0. The lowest BCUT2D eigenvalue weighted by atomic mass is 9.84. The van der Waals surface area contributed by atoms with Crippen LogP contribution in [0, 0.1) is 5.92 Å². The number of hydrogen-bond donors (Lipinski definition) is 2. The lowest BCUT2D eigenvalue weighted by Gasteiger charge is -2.28. The molecule has 0 amide bonds. The average Bonchev–Trinajstić information content (AvgIpc) is 2.25. The Morgan fingerprint density at radius 1 is 1.53 bits per heavy atom. The Morgan fingerprint density at radius 2 is 2.13 bits per heavy atom. The molecule has 0 aliphatic rings. The van der Waals surface area contributed by atoms with Gasteiger partial charge in [-0.2, -0.15) is 0 Å². The molecule has 2 N–H and O–H groups in total. The summed E-state index contributed by atoms with van der Waals surface area (Å²) >= 11 is 0.